The molecule has 0 radical (unpaired) electrons. The number of nitrogens with one attached hydrogen (secondary N) is 1. The van der Waals surface area contributed by atoms with E-state index in [-0.39, 0.29) is 17.4 Å². The molecule has 28 heavy (non-hydrogen) atoms. The van der Waals surface area contributed by atoms with E-state index in [0.29, 0.717) is 11.3 Å². The standard InChI is InChI=1S/C21H22FN5O/c1-3-9-26-11-15-5-4-6-18(17(15)12-26)23-21(28)19-13-27(25-24-19)20-8-7-16(22)10-14(20)2/h4-8,10,13H,3,9,11-12H2,1-2H3,(H,23,28). The molecular weight excluding hydrogens is 357 g/mol. The van der Waals surface area contributed by atoms with Gasteiger partial charge >= 0.3 is 0 Å². The highest BCUT2D eigenvalue weighted by atomic mass is 19.1. The van der Waals surface area contributed by atoms with E-state index in [4.69, 9.17) is 0 Å². The second-order valence-electron chi connectivity index (χ2n) is 7.09. The fourth-order valence-corrected chi connectivity index (χ4v) is 3.63. The predicted molar refractivity (Wildman–Crippen MR) is 105 cm³/mol. The second kappa shape index (κ2) is 7.52. The van der Waals surface area contributed by atoms with Crippen molar-refractivity contribution in [1.82, 2.24) is 19.9 Å². The minimum Gasteiger partial charge on any atom is -0.320 e. The van der Waals surface area contributed by atoms with Gasteiger partial charge in [-0.2, -0.15) is 0 Å². The number of aryl methyl sites for hydroxylation is 1. The fraction of sp³-hybridized carbons (Fsp3) is 0.286. The molecular formula is C21H22FN5O. The summed E-state index contributed by atoms with van der Waals surface area (Å²) in [5, 5.41) is 11.0. The van der Waals surface area contributed by atoms with Crippen LogP contribution >= 0.6 is 0 Å². The molecule has 6 nitrogen and oxygen atoms in total. The van der Waals surface area contributed by atoms with Crippen molar-refractivity contribution < 1.29 is 9.18 Å². The van der Waals surface area contributed by atoms with Gasteiger partial charge in [0.05, 0.1) is 11.9 Å². The summed E-state index contributed by atoms with van der Waals surface area (Å²) in [6.45, 7) is 6.73. The van der Waals surface area contributed by atoms with Crippen LogP contribution in [0.5, 0.6) is 0 Å². The van der Waals surface area contributed by atoms with Gasteiger partial charge in [-0.3, -0.25) is 9.69 Å². The third-order valence-corrected chi connectivity index (χ3v) is 4.97. The summed E-state index contributed by atoms with van der Waals surface area (Å²) in [6.07, 6.45) is 2.66. The van der Waals surface area contributed by atoms with Gasteiger partial charge < -0.3 is 5.32 Å². The average molecular weight is 379 g/mol. The molecule has 0 saturated heterocycles. The lowest BCUT2D eigenvalue weighted by molar-refractivity contribution is 0.102. The highest BCUT2D eigenvalue weighted by molar-refractivity contribution is 6.03. The number of rotatable bonds is 5. The summed E-state index contributed by atoms with van der Waals surface area (Å²) in [6, 6.07) is 10.4. The first kappa shape index (κ1) is 18.3. The molecule has 1 aromatic heterocycles. The lowest BCUT2D eigenvalue weighted by Crippen LogP contribution is -2.17. The van der Waals surface area contributed by atoms with Crippen molar-refractivity contribution in [2.75, 3.05) is 11.9 Å². The molecule has 1 aliphatic rings. The number of halogens is 1. The largest absolute Gasteiger partial charge is 0.320 e. The molecule has 0 fully saturated rings. The Bertz CT molecular complexity index is 1030. The normalized spacial score (nSPS) is 13.5. The third kappa shape index (κ3) is 3.53. The van der Waals surface area contributed by atoms with Gasteiger partial charge in [-0.05, 0) is 60.8 Å². The van der Waals surface area contributed by atoms with Crippen LogP contribution in [-0.2, 0) is 13.1 Å². The summed E-state index contributed by atoms with van der Waals surface area (Å²) in [7, 11) is 0. The van der Waals surface area contributed by atoms with Crippen LogP contribution in [-0.4, -0.2) is 32.3 Å². The highest BCUT2D eigenvalue weighted by Crippen LogP contribution is 2.29. The Morgan fingerprint density at radius 1 is 1.25 bits per heavy atom. The molecule has 0 saturated carbocycles. The van der Waals surface area contributed by atoms with E-state index < -0.39 is 0 Å². The number of carbonyl (C=O) groups is 1. The van der Waals surface area contributed by atoms with Crippen molar-refractivity contribution in [3.05, 3.63) is 70.8 Å². The molecule has 0 bridgehead atoms. The van der Waals surface area contributed by atoms with Crippen molar-refractivity contribution in [2.45, 2.75) is 33.4 Å². The van der Waals surface area contributed by atoms with E-state index in [0.717, 1.165) is 37.3 Å². The number of hydrogen-bond donors (Lipinski definition) is 1. The monoisotopic (exact) mass is 379 g/mol. The van der Waals surface area contributed by atoms with E-state index in [9.17, 15) is 9.18 Å². The van der Waals surface area contributed by atoms with Gasteiger partial charge in [0.1, 0.15) is 5.82 Å². The van der Waals surface area contributed by atoms with Crippen molar-refractivity contribution in [3.8, 4) is 5.69 Å². The maximum absolute atomic E-state index is 13.3. The molecule has 2 heterocycles. The first-order valence-corrected chi connectivity index (χ1v) is 9.38. The Morgan fingerprint density at radius 3 is 2.89 bits per heavy atom. The topological polar surface area (TPSA) is 63.1 Å². The number of nitrogens with zero attached hydrogens (tertiary/aromatic N) is 4. The zero-order valence-corrected chi connectivity index (χ0v) is 15.9. The molecule has 0 spiro atoms. The van der Waals surface area contributed by atoms with Crippen molar-refractivity contribution in [3.63, 3.8) is 0 Å². The molecule has 1 amide bonds. The number of carbonyl (C=O) groups excluding carboxylic acids is 1. The van der Waals surface area contributed by atoms with Crippen LogP contribution in [0.4, 0.5) is 10.1 Å². The van der Waals surface area contributed by atoms with Crippen LogP contribution in [0.1, 0.15) is 40.5 Å². The number of amides is 1. The van der Waals surface area contributed by atoms with Gasteiger partial charge in [-0.1, -0.05) is 24.3 Å². The van der Waals surface area contributed by atoms with E-state index in [1.165, 1.54) is 22.4 Å². The minimum absolute atomic E-state index is 0.213. The number of aromatic nitrogens is 3. The van der Waals surface area contributed by atoms with E-state index in [2.05, 4.69) is 33.5 Å². The Kier molecular flexibility index (Phi) is 4.92. The van der Waals surface area contributed by atoms with Crippen LogP contribution in [0.15, 0.2) is 42.6 Å². The van der Waals surface area contributed by atoms with Crippen molar-refractivity contribution in [1.29, 1.82) is 0 Å². The molecule has 0 unspecified atom stereocenters. The van der Waals surface area contributed by atoms with E-state index in [1.807, 2.05) is 12.1 Å². The van der Waals surface area contributed by atoms with Gasteiger partial charge in [0.15, 0.2) is 5.69 Å². The zero-order valence-electron chi connectivity index (χ0n) is 15.9. The number of anilines is 1. The molecule has 4 rings (SSSR count). The minimum atomic E-state index is -0.312. The van der Waals surface area contributed by atoms with Gasteiger partial charge in [-0.15, -0.1) is 5.10 Å². The maximum Gasteiger partial charge on any atom is 0.277 e. The third-order valence-electron chi connectivity index (χ3n) is 4.97. The molecule has 3 aromatic rings. The van der Waals surface area contributed by atoms with Crippen LogP contribution in [0.2, 0.25) is 0 Å². The quantitative estimate of drug-likeness (QED) is 0.734. The number of fused-ring (bicyclic) bond motifs is 1. The summed E-state index contributed by atoms with van der Waals surface area (Å²) in [4.78, 5) is 15.1. The average Bonchev–Trinajstić information content (AvgIpc) is 3.29. The first-order chi connectivity index (χ1) is 13.5. The second-order valence-corrected chi connectivity index (χ2v) is 7.09. The molecule has 0 aliphatic carbocycles. The smallest absolute Gasteiger partial charge is 0.277 e. The lowest BCUT2D eigenvalue weighted by Gasteiger charge is -2.13. The number of benzene rings is 2. The van der Waals surface area contributed by atoms with Crippen LogP contribution in [0, 0.1) is 12.7 Å². The summed E-state index contributed by atoms with van der Waals surface area (Å²) in [5.74, 6) is -0.622. The summed E-state index contributed by atoms with van der Waals surface area (Å²) in [5.41, 5.74) is 4.83. The van der Waals surface area contributed by atoms with Gasteiger partial charge in [0.25, 0.3) is 5.91 Å². The van der Waals surface area contributed by atoms with Crippen molar-refractivity contribution >= 4 is 11.6 Å². The first-order valence-electron chi connectivity index (χ1n) is 9.38. The van der Waals surface area contributed by atoms with Crippen molar-refractivity contribution in [2.24, 2.45) is 0 Å². The predicted octanol–water partition coefficient (Wildman–Crippen LogP) is 3.69. The molecule has 7 heteroatoms. The molecule has 1 N–H and O–H groups in total. The van der Waals surface area contributed by atoms with Crippen LogP contribution in [0.25, 0.3) is 5.69 Å². The zero-order chi connectivity index (χ0) is 19.7. The van der Waals surface area contributed by atoms with Gasteiger partial charge in [0.2, 0.25) is 0 Å². The Morgan fingerprint density at radius 2 is 2.11 bits per heavy atom. The maximum atomic E-state index is 13.3. The fourth-order valence-electron chi connectivity index (χ4n) is 3.63. The summed E-state index contributed by atoms with van der Waals surface area (Å²) >= 11 is 0. The molecule has 1 aliphatic heterocycles. The van der Waals surface area contributed by atoms with E-state index in [1.54, 1.807) is 19.2 Å². The van der Waals surface area contributed by atoms with Gasteiger partial charge in [-0.25, -0.2) is 9.07 Å². The number of hydrogen-bond acceptors (Lipinski definition) is 4. The molecule has 0 atom stereocenters. The molecule has 2 aromatic carbocycles. The lowest BCUT2D eigenvalue weighted by atomic mass is 10.1. The van der Waals surface area contributed by atoms with Crippen LogP contribution < -0.4 is 5.32 Å². The van der Waals surface area contributed by atoms with Gasteiger partial charge in [0, 0.05) is 18.8 Å². The SMILES string of the molecule is CCCN1Cc2cccc(NC(=O)c3cn(-c4ccc(F)cc4C)nn3)c2C1. The Hall–Kier alpha value is -3.06. The Labute approximate surface area is 163 Å². The van der Waals surface area contributed by atoms with Crippen LogP contribution in [0.3, 0.4) is 0 Å². The molecule has 144 valence electrons. The highest BCUT2D eigenvalue weighted by Gasteiger charge is 2.22. The van der Waals surface area contributed by atoms with E-state index >= 15 is 0 Å². The summed E-state index contributed by atoms with van der Waals surface area (Å²) < 4.78 is 14.8. The Balaban J connectivity index is 1.53.